The summed E-state index contributed by atoms with van der Waals surface area (Å²) in [7, 11) is 2.26. The SMILES string of the molecule is CCn1cc(CN(C)CC2CCNCC2)c2ccccc21. The lowest BCUT2D eigenvalue weighted by molar-refractivity contribution is 0.235. The van der Waals surface area contributed by atoms with Gasteiger partial charge < -0.3 is 14.8 Å². The lowest BCUT2D eigenvalue weighted by Crippen LogP contribution is -2.34. The highest BCUT2D eigenvalue weighted by molar-refractivity contribution is 5.83. The Morgan fingerprint density at radius 2 is 2.00 bits per heavy atom. The van der Waals surface area contributed by atoms with E-state index in [-0.39, 0.29) is 0 Å². The van der Waals surface area contributed by atoms with E-state index in [1.807, 2.05) is 0 Å². The summed E-state index contributed by atoms with van der Waals surface area (Å²) in [5.41, 5.74) is 2.83. The van der Waals surface area contributed by atoms with Crippen molar-refractivity contribution in [3.63, 3.8) is 0 Å². The standard InChI is InChI=1S/C18H27N3/c1-3-21-14-16(17-6-4-5-7-18(17)21)13-20(2)12-15-8-10-19-11-9-15/h4-7,14-15,19H,3,8-13H2,1-2H3. The van der Waals surface area contributed by atoms with Crippen LogP contribution in [0.3, 0.4) is 0 Å². The third kappa shape index (κ3) is 3.30. The van der Waals surface area contributed by atoms with Gasteiger partial charge >= 0.3 is 0 Å². The summed E-state index contributed by atoms with van der Waals surface area (Å²) in [6.07, 6.45) is 4.98. The number of aromatic nitrogens is 1. The fourth-order valence-corrected chi connectivity index (χ4v) is 3.57. The first-order chi connectivity index (χ1) is 10.3. The van der Waals surface area contributed by atoms with Gasteiger partial charge in [-0.25, -0.2) is 0 Å². The average Bonchev–Trinajstić information content (AvgIpc) is 2.86. The molecule has 2 aromatic rings. The topological polar surface area (TPSA) is 20.2 Å². The zero-order valence-electron chi connectivity index (χ0n) is 13.3. The van der Waals surface area contributed by atoms with E-state index in [9.17, 15) is 0 Å². The van der Waals surface area contributed by atoms with Crippen LogP contribution >= 0.6 is 0 Å². The molecule has 1 fully saturated rings. The largest absolute Gasteiger partial charge is 0.347 e. The minimum atomic E-state index is 0.857. The predicted molar refractivity (Wildman–Crippen MR) is 89.5 cm³/mol. The number of benzene rings is 1. The number of piperidine rings is 1. The molecule has 2 heterocycles. The lowest BCUT2D eigenvalue weighted by atomic mass is 9.97. The Balaban J connectivity index is 1.71. The van der Waals surface area contributed by atoms with Gasteiger partial charge in [0.05, 0.1) is 0 Å². The van der Waals surface area contributed by atoms with Crippen molar-refractivity contribution in [2.24, 2.45) is 5.92 Å². The molecule has 0 atom stereocenters. The molecule has 1 aromatic heterocycles. The molecule has 114 valence electrons. The Hall–Kier alpha value is -1.32. The molecule has 3 heteroatoms. The van der Waals surface area contributed by atoms with Crippen LogP contribution in [0.5, 0.6) is 0 Å². The van der Waals surface area contributed by atoms with E-state index in [1.54, 1.807) is 0 Å². The van der Waals surface area contributed by atoms with Crippen molar-refractivity contribution in [3.05, 3.63) is 36.0 Å². The van der Waals surface area contributed by atoms with Gasteiger partial charge in [0.15, 0.2) is 0 Å². The van der Waals surface area contributed by atoms with E-state index < -0.39 is 0 Å². The van der Waals surface area contributed by atoms with Gasteiger partial charge in [-0.3, -0.25) is 0 Å². The second-order valence-electron chi connectivity index (χ2n) is 6.35. The maximum absolute atomic E-state index is 3.45. The molecule has 3 rings (SSSR count). The lowest BCUT2D eigenvalue weighted by Gasteiger charge is -2.27. The van der Waals surface area contributed by atoms with E-state index >= 15 is 0 Å². The van der Waals surface area contributed by atoms with Gasteiger partial charge in [-0.1, -0.05) is 18.2 Å². The number of nitrogens with one attached hydrogen (secondary N) is 1. The second kappa shape index (κ2) is 6.63. The highest BCUT2D eigenvalue weighted by Gasteiger charge is 2.16. The molecule has 0 spiro atoms. The molecular weight excluding hydrogens is 258 g/mol. The molecule has 0 amide bonds. The van der Waals surface area contributed by atoms with E-state index in [1.165, 1.54) is 48.9 Å². The van der Waals surface area contributed by atoms with Gasteiger partial charge in [0.2, 0.25) is 0 Å². The summed E-state index contributed by atoms with van der Waals surface area (Å²) in [5.74, 6) is 0.857. The first-order valence-electron chi connectivity index (χ1n) is 8.24. The third-order valence-electron chi connectivity index (χ3n) is 4.68. The molecule has 0 unspecified atom stereocenters. The van der Waals surface area contributed by atoms with Gasteiger partial charge in [0.1, 0.15) is 0 Å². The Kier molecular flexibility index (Phi) is 4.61. The van der Waals surface area contributed by atoms with Gasteiger partial charge in [-0.2, -0.15) is 0 Å². The maximum atomic E-state index is 3.45. The summed E-state index contributed by atoms with van der Waals surface area (Å²) in [4.78, 5) is 2.50. The molecule has 1 aliphatic rings. The summed E-state index contributed by atoms with van der Waals surface area (Å²) < 4.78 is 2.36. The summed E-state index contributed by atoms with van der Waals surface area (Å²) >= 11 is 0. The van der Waals surface area contributed by atoms with Gasteiger partial charge in [0, 0.05) is 36.7 Å². The molecule has 0 aliphatic carbocycles. The van der Waals surface area contributed by atoms with E-state index in [4.69, 9.17) is 0 Å². The minimum absolute atomic E-state index is 0.857. The molecule has 21 heavy (non-hydrogen) atoms. The first kappa shape index (κ1) is 14.6. The van der Waals surface area contributed by atoms with E-state index in [0.717, 1.165) is 19.0 Å². The molecule has 1 saturated heterocycles. The summed E-state index contributed by atoms with van der Waals surface area (Å²) in [5, 5.41) is 4.86. The average molecular weight is 285 g/mol. The fourth-order valence-electron chi connectivity index (χ4n) is 3.57. The van der Waals surface area contributed by atoms with Crippen molar-refractivity contribution >= 4 is 10.9 Å². The van der Waals surface area contributed by atoms with Crippen LogP contribution in [0.1, 0.15) is 25.3 Å². The maximum Gasteiger partial charge on any atom is 0.0483 e. The molecule has 0 radical (unpaired) electrons. The fraction of sp³-hybridized carbons (Fsp3) is 0.556. The van der Waals surface area contributed by atoms with Gasteiger partial charge in [-0.15, -0.1) is 0 Å². The number of para-hydroxylation sites is 1. The summed E-state index contributed by atoms with van der Waals surface area (Å²) in [6.45, 7) is 7.90. The summed E-state index contributed by atoms with van der Waals surface area (Å²) in [6, 6.07) is 8.78. The third-order valence-corrected chi connectivity index (χ3v) is 4.68. The van der Waals surface area contributed by atoms with Crippen molar-refractivity contribution < 1.29 is 0 Å². The van der Waals surface area contributed by atoms with Crippen LogP contribution in [0.25, 0.3) is 10.9 Å². The Morgan fingerprint density at radius 1 is 1.24 bits per heavy atom. The van der Waals surface area contributed by atoms with Crippen LogP contribution in [0.4, 0.5) is 0 Å². The second-order valence-corrected chi connectivity index (χ2v) is 6.35. The highest BCUT2D eigenvalue weighted by Crippen LogP contribution is 2.23. The van der Waals surface area contributed by atoms with Crippen LogP contribution in [0.15, 0.2) is 30.5 Å². The van der Waals surface area contributed by atoms with Gasteiger partial charge in [-0.05, 0) is 57.5 Å². The van der Waals surface area contributed by atoms with E-state index in [0.29, 0.717) is 0 Å². The normalized spacial score (nSPS) is 16.9. The Morgan fingerprint density at radius 3 is 2.76 bits per heavy atom. The van der Waals surface area contributed by atoms with Crippen LogP contribution in [0.2, 0.25) is 0 Å². The number of hydrogen-bond donors (Lipinski definition) is 1. The zero-order chi connectivity index (χ0) is 14.7. The van der Waals surface area contributed by atoms with Crippen LogP contribution in [-0.4, -0.2) is 36.1 Å². The van der Waals surface area contributed by atoms with Crippen molar-refractivity contribution in [3.8, 4) is 0 Å². The van der Waals surface area contributed by atoms with Crippen LogP contribution in [-0.2, 0) is 13.1 Å². The predicted octanol–water partition coefficient (Wildman–Crippen LogP) is 3.09. The van der Waals surface area contributed by atoms with Crippen LogP contribution < -0.4 is 5.32 Å². The number of nitrogens with zero attached hydrogens (tertiary/aromatic N) is 2. The number of rotatable bonds is 5. The molecule has 0 saturated carbocycles. The smallest absolute Gasteiger partial charge is 0.0483 e. The van der Waals surface area contributed by atoms with Crippen molar-refractivity contribution in [1.29, 1.82) is 0 Å². The molecule has 1 aliphatic heterocycles. The van der Waals surface area contributed by atoms with Crippen LogP contribution in [0, 0.1) is 5.92 Å². The number of hydrogen-bond acceptors (Lipinski definition) is 2. The number of fused-ring (bicyclic) bond motifs is 1. The molecular formula is C18H27N3. The highest BCUT2D eigenvalue weighted by atomic mass is 15.1. The van der Waals surface area contributed by atoms with Crippen molar-refractivity contribution in [2.75, 3.05) is 26.7 Å². The Bertz CT molecular complexity index is 581. The zero-order valence-corrected chi connectivity index (χ0v) is 13.3. The van der Waals surface area contributed by atoms with E-state index in [2.05, 4.69) is 59.2 Å². The Labute approximate surface area is 127 Å². The number of aryl methyl sites for hydroxylation is 1. The monoisotopic (exact) mass is 285 g/mol. The van der Waals surface area contributed by atoms with Crippen molar-refractivity contribution in [2.45, 2.75) is 32.9 Å². The van der Waals surface area contributed by atoms with Crippen molar-refractivity contribution in [1.82, 2.24) is 14.8 Å². The van der Waals surface area contributed by atoms with Gasteiger partial charge in [0.25, 0.3) is 0 Å². The molecule has 1 aromatic carbocycles. The molecule has 1 N–H and O–H groups in total. The first-order valence-corrected chi connectivity index (χ1v) is 8.24. The minimum Gasteiger partial charge on any atom is -0.347 e. The molecule has 0 bridgehead atoms. The molecule has 3 nitrogen and oxygen atoms in total. The quantitative estimate of drug-likeness (QED) is 0.911.